The molecule has 0 aliphatic rings. The van der Waals surface area contributed by atoms with Gasteiger partial charge in [-0.15, -0.1) is 0 Å². The number of nitrogens with zero attached hydrogens (tertiary/aromatic N) is 3. The van der Waals surface area contributed by atoms with Gasteiger partial charge in [0.1, 0.15) is 18.3 Å². The molecule has 0 atom stereocenters. The van der Waals surface area contributed by atoms with E-state index < -0.39 is 15.8 Å². The van der Waals surface area contributed by atoms with Crippen LogP contribution in [0.25, 0.3) is 5.69 Å². The average Bonchev–Trinajstić information content (AvgIpc) is 3.15. The Morgan fingerprint density at radius 2 is 1.81 bits per heavy atom. The lowest BCUT2D eigenvalue weighted by Gasteiger charge is -2.14. The standard InChI is InChI=1S/C17H17FN4O4S/c1-11-6-15(25-2)16(26-3)8-17(11)27(23,24)21-12-4-5-14(13(18)7-12)22-10-19-9-20-22/h4-10,21H,1-3H3. The molecular weight excluding hydrogens is 375 g/mol. The first-order valence-corrected chi connectivity index (χ1v) is 9.24. The summed E-state index contributed by atoms with van der Waals surface area (Å²) < 4.78 is 53.8. The van der Waals surface area contributed by atoms with Crippen LogP contribution in [0.15, 0.2) is 47.9 Å². The fourth-order valence-corrected chi connectivity index (χ4v) is 3.84. The number of benzene rings is 2. The van der Waals surface area contributed by atoms with Crippen molar-refractivity contribution in [2.75, 3.05) is 18.9 Å². The number of aromatic nitrogens is 3. The van der Waals surface area contributed by atoms with Crippen LogP contribution < -0.4 is 14.2 Å². The Kier molecular flexibility index (Phi) is 5.00. The predicted octanol–water partition coefficient (Wildman–Crippen LogP) is 2.53. The van der Waals surface area contributed by atoms with Crippen LogP contribution >= 0.6 is 0 Å². The molecule has 0 amide bonds. The summed E-state index contributed by atoms with van der Waals surface area (Å²) in [4.78, 5) is 3.75. The number of halogens is 1. The van der Waals surface area contributed by atoms with Gasteiger partial charge in [0, 0.05) is 12.1 Å². The number of methoxy groups -OCH3 is 2. The molecule has 0 bridgehead atoms. The van der Waals surface area contributed by atoms with E-state index in [-0.39, 0.29) is 22.0 Å². The van der Waals surface area contributed by atoms with Crippen molar-refractivity contribution in [2.24, 2.45) is 0 Å². The average molecular weight is 392 g/mol. The summed E-state index contributed by atoms with van der Waals surface area (Å²) in [7, 11) is -1.10. The molecule has 0 aliphatic carbocycles. The fourth-order valence-electron chi connectivity index (χ4n) is 2.55. The smallest absolute Gasteiger partial charge is 0.262 e. The molecule has 0 saturated carbocycles. The summed E-state index contributed by atoms with van der Waals surface area (Å²) in [6.45, 7) is 1.63. The maximum Gasteiger partial charge on any atom is 0.262 e. The highest BCUT2D eigenvalue weighted by atomic mass is 32.2. The van der Waals surface area contributed by atoms with Gasteiger partial charge in [-0.2, -0.15) is 5.10 Å². The zero-order valence-corrected chi connectivity index (χ0v) is 15.6. The zero-order valence-electron chi connectivity index (χ0n) is 14.8. The van der Waals surface area contributed by atoms with Crippen LogP contribution in [0.1, 0.15) is 5.56 Å². The van der Waals surface area contributed by atoms with Crippen molar-refractivity contribution in [1.82, 2.24) is 14.8 Å². The van der Waals surface area contributed by atoms with E-state index in [4.69, 9.17) is 9.47 Å². The molecule has 27 heavy (non-hydrogen) atoms. The summed E-state index contributed by atoms with van der Waals surface area (Å²) in [5.74, 6) is 0.0399. The third-order valence-corrected chi connectivity index (χ3v) is 5.36. The summed E-state index contributed by atoms with van der Waals surface area (Å²) in [5.41, 5.74) is 0.683. The second kappa shape index (κ2) is 7.23. The van der Waals surface area contributed by atoms with Crippen LogP contribution in [0.4, 0.5) is 10.1 Å². The van der Waals surface area contributed by atoms with Crippen molar-refractivity contribution in [2.45, 2.75) is 11.8 Å². The summed E-state index contributed by atoms with van der Waals surface area (Å²) in [6.07, 6.45) is 2.62. The van der Waals surface area contributed by atoms with E-state index in [2.05, 4.69) is 14.8 Å². The number of hydrogen-bond acceptors (Lipinski definition) is 6. The molecule has 3 rings (SSSR count). The first kappa shape index (κ1) is 18.6. The summed E-state index contributed by atoms with van der Waals surface area (Å²) in [6, 6.07) is 6.83. The van der Waals surface area contributed by atoms with E-state index in [1.807, 2.05) is 0 Å². The third-order valence-electron chi connectivity index (χ3n) is 3.84. The highest BCUT2D eigenvalue weighted by Crippen LogP contribution is 2.33. The number of nitrogens with one attached hydrogen (secondary N) is 1. The summed E-state index contributed by atoms with van der Waals surface area (Å²) in [5, 5.41) is 3.85. The monoisotopic (exact) mass is 392 g/mol. The number of sulfonamides is 1. The molecule has 0 radical (unpaired) electrons. The number of anilines is 1. The number of rotatable bonds is 6. The Morgan fingerprint density at radius 1 is 1.11 bits per heavy atom. The van der Waals surface area contributed by atoms with Crippen LogP contribution in [0.5, 0.6) is 11.5 Å². The molecule has 142 valence electrons. The van der Waals surface area contributed by atoms with Crippen LogP contribution in [0, 0.1) is 12.7 Å². The van der Waals surface area contributed by atoms with Crippen molar-refractivity contribution < 1.29 is 22.3 Å². The molecular formula is C17H17FN4O4S. The third kappa shape index (κ3) is 3.70. The fraction of sp³-hybridized carbons (Fsp3) is 0.176. The second-order valence-corrected chi connectivity index (χ2v) is 7.24. The SMILES string of the molecule is COc1cc(C)c(S(=O)(=O)Nc2ccc(-n3cncn3)c(F)c2)cc1OC. The van der Waals surface area contributed by atoms with Crippen LogP contribution in [0.3, 0.4) is 0 Å². The number of hydrogen-bond donors (Lipinski definition) is 1. The van der Waals surface area contributed by atoms with Crippen molar-refractivity contribution in [3.63, 3.8) is 0 Å². The summed E-state index contributed by atoms with van der Waals surface area (Å²) >= 11 is 0. The maximum absolute atomic E-state index is 14.3. The molecule has 0 spiro atoms. The lowest BCUT2D eigenvalue weighted by Crippen LogP contribution is -2.15. The largest absolute Gasteiger partial charge is 0.493 e. The van der Waals surface area contributed by atoms with Crippen LogP contribution in [-0.4, -0.2) is 37.4 Å². The molecule has 1 aromatic heterocycles. The van der Waals surface area contributed by atoms with Crippen molar-refractivity contribution in [3.8, 4) is 17.2 Å². The van der Waals surface area contributed by atoms with Crippen molar-refractivity contribution in [3.05, 3.63) is 54.4 Å². The van der Waals surface area contributed by atoms with Crippen molar-refractivity contribution in [1.29, 1.82) is 0 Å². The lowest BCUT2D eigenvalue weighted by atomic mass is 10.2. The molecule has 3 aromatic rings. The molecule has 10 heteroatoms. The molecule has 0 unspecified atom stereocenters. The van der Waals surface area contributed by atoms with Gasteiger partial charge in [-0.05, 0) is 30.7 Å². The molecule has 1 heterocycles. The minimum atomic E-state index is -3.97. The van der Waals surface area contributed by atoms with E-state index in [1.54, 1.807) is 13.0 Å². The minimum Gasteiger partial charge on any atom is -0.493 e. The first-order valence-electron chi connectivity index (χ1n) is 7.75. The Hall–Kier alpha value is -3.14. The van der Waals surface area contributed by atoms with Crippen LogP contribution in [0.2, 0.25) is 0 Å². The van der Waals surface area contributed by atoms with Gasteiger partial charge in [-0.25, -0.2) is 22.5 Å². The second-order valence-electron chi connectivity index (χ2n) is 5.58. The lowest BCUT2D eigenvalue weighted by molar-refractivity contribution is 0.353. The topological polar surface area (TPSA) is 95.3 Å². The Morgan fingerprint density at radius 3 is 2.41 bits per heavy atom. The van der Waals surface area contributed by atoms with Gasteiger partial charge < -0.3 is 9.47 Å². The number of aryl methyl sites for hydroxylation is 1. The maximum atomic E-state index is 14.3. The van der Waals surface area contributed by atoms with Gasteiger partial charge >= 0.3 is 0 Å². The van der Waals surface area contributed by atoms with Gasteiger partial charge in [-0.1, -0.05) is 0 Å². The number of ether oxygens (including phenoxy) is 2. The van der Waals surface area contributed by atoms with Crippen molar-refractivity contribution >= 4 is 15.7 Å². The van der Waals surface area contributed by atoms with Gasteiger partial charge in [0.25, 0.3) is 10.0 Å². The first-order chi connectivity index (χ1) is 12.9. The minimum absolute atomic E-state index is 0.000843. The van der Waals surface area contributed by atoms with E-state index in [1.165, 1.54) is 49.8 Å². The highest BCUT2D eigenvalue weighted by molar-refractivity contribution is 7.92. The van der Waals surface area contributed by atoms with Crippen LogP contribution in [-0.2, 0) is 10.0 Å². The molecule has 1 N–H and O–H groups in total. The van der Waals surface area contributed by atoms with E-state index in [9.17, 15) is 12.8 Å². The van der Waals surface area contributed by atoms with Gasteiger partial charge in [0.15, 0.2) is 17.3 Å². The quantitative estimate of drug-likeness (QED) is 0.693. The van der Waals surface area contributed by atoms with E-state index in [0.29, 0.717) is 11.3 Å². The predicted molar refractivity (Wildman–Crippen MR) is 96.4 cm³/mol. The molecule has 8 nitrogen and oxygen atoms in total. The highest BCUT2D eigenvalue weighted by Gasteiger charge is 2.21. The normalized spacial score (nSPS) is 11.3. The van der Waals surface area contributed by atoms with E-state index >= 15 is 0 Å². The molecule has 0 aliphatic heterocycles. The Labute approximate surface area is 155 Å². The Bertz CT molecular complexity index is 1070. The molecule has 0 fully saturated rings. The molecule has 0 saturated heterocycles. The Balaban J connectivity index is 1.94. The zero-order chi connectivity index (χ0) is 19.6. The molecule has 2 aromatic carbocycles. The van der Waals surface area contributed by atoms with E-state index in [0.717, 1.165) is 6.07 Å². The van der Waals surface area contributed by atoms with Gasteiger partial charge in [0.05, 0.1) is 24.8 Å². The van der Waals surface area contributed by atoms with Gasteiger partial charge in [-0.3, -0.25) is 4.72 Å². The van der Waals surface area contributed by atoms with Gasteiger partial charge in [0.2, 0.25) is 0 Å².